The molecule has 0 fully saturated rings. The van der Waals surface area contributed by atoms with Crippen LogP contribution < -0.4 is 5.43 Å². The summed E-state index contributed by atoms with van der Waals surface area (Å²) in [5.41, 5.74) is 6.45. The van der Waals surface area contributed by atoms with E-state index in [9.17, 15) is 4.79 Å². The molecule has 0 aliphatic carbocycles. The first kappa shape index (κ1) is 18.3. The van der Waals surface area contributed by atoms with Crippen LogP contribution in [-0.2, 0) is 0 Å². The summed E-state index contributed by atoms with van der Waals surface area (Å²) >= 11 is 0. The lowest BCUT2D eigenvalue weighted by Crippen LogP contribution is -2.18. The van der Waals surface area contributed by atoms with Crippen molar-refractivity contribution in [3.05, 3.63) is 102 Å². The number of benzene rings is 2. The van der Waals surface area contributed by atoms with Gasteiger partial charge in [0.15, 0.2) is 0 Å². The summed E-state index contributed by atoms with van der Waals surface area (Å²) in [6, 6.07) is 23.0. The molecule has 0 atom stereocenters. The quantitative estimate of drug-likeness (QED) is 0.403. The predicted octanol–water partition coefficient (Wildman–Crippen LogP) is 4.73. The van der Waals surface area contributed by atoms with Gasteiger partial charge in [0.2, 0.25) is 0 Å². The van der Waals surface area contributed by atoms with E-state index in [1.807, 2.05) is 72.8 Å². The fraction of sp³-hybridized carbons (Fsp3) is 0. The number of fused-ring (bicyclic) bond motifs is 1. The third-order valence-corrected chi connectivity index (χ3v) is 4.33. The fourth-order valence-corrected chi connectivity index (χ4v) is 2.94. The van der Waals surface area contributed by atoms with Crippen molar-refractivity contribution in [2.45, 2.75) is 0 Å². The second-order valence-corrected chi connectivity index (χ2v) is 6.30. The lowest BCUT2D eigenvalue weighted by Gasteiger charge is -2.08. The van der Waals surface area contributed by atoms with E-state index in [4.69, 9.17) is 0 Å². The number of hydrazone groups is 1. The molecule has 0 saturated heterocycles. The third kappa shape index (κ3) is 4.42. The molecule has 1 amide bonds. The van der Waals surface area contributed by atoms with E-state index in [2.05, 4.69) is 20.5 Å². The number of amides is 1. The maximum Gasteiger partial charge on any atom is 0.272 e. The van der Waals surface area contributed by atoms with E-state index in [0.717, 1.165) is 22.0 Å². The fourth-order valence-electron chi connectivity index (χ4n) is 2.94. The van der Waals surface area contributed by atoms with Gasteiger partial charge in [-0.2, -0.15) is 5.10 Å². The summed E-state index contributed by atoms with van der Waals surface area (Å²) in [7, 11) is 0. The average Bonchev–Trinajstić information content (AvgIpc) is 2.79. The molecule has 0 radical (unpaired) electrons. The minimum atomic E-state index is -0.293. The van der Waals surface area contributed by atoms with Crippen molar-refractivity contribution >= 4 is 29.1 Å². The maximum atomic E-state index is 12.8. The zero-order chi connectivity index (χ0) is 19.9. The maximum absolute atomic E-state index is 12.8. The average molecular weight is 378 g/mol. The number of carbonyl (C=O) groups excluding carboxylic acids is 1. The topological polar surface area (TPSA) is 67.2 Å². The van der Waals surface area contributed by atoms with Crippen molar-refractivity contribution < 1.29 is 4.79 Å². The Balaban J connectivity index is 1.58. The van der Waals surface area contributed by atoms with Crippen LogP contribution in [0.15, 0.2) is 96.4 Å². The number of nitrogens with zero attached hydrogens (tertiary/aromatic N) is 3. The molecular weight excluding hydrogens is 360 g/mol. The highest BCUT2D eigenvalue weighted by Gasteiger charge is 2.13. The van der Waals surface area contributed by atoms with Gasteiger partial charge in [0.25, 0.3) is 5.91 Å². The normalized spacial score (nSPS) is 11.3. The number of aromatic nitrogens is 2. The first-order valence-electron chi connectivity index (χ1n) is 9.16. The molecule has 29 heavy (non-hydrogen) atoms. The van der Waals surface area contributed by atoms with Crippen LogP contribution in [0.25, 0.3) is 28.2 Å². The molecule has 0 aliphatic heterocycles. The molecule has 0 unspecified atom stereocenters. The second kappa shape index (κ2) is 8.71. The van der Waals surface area contributed by atoms with Gasteiger partial charge < -0.3 is 0 Å². The van der Waals surface area contributed by atoms with Crippen LogP contribution in [0.5, 0.6) is 0 Å². The SMILES string of the molecule is O=C(N/N=C\C=C\c1ccccc1)c1cc(-c2cccnc2)nc2ccccc12. The molecular formula is C24H18N4O. The molecule has 1 N–H and O–H groups in total. The van der Waals surface area contributed by atoms with E-state index < -0.39 is 0 Å². The molecule has 0 aliphatic rings. The second-order valence-electron chi connectivity index (χ2n) is 6.30. The Morgan fingerprint density at radius 1 is 0.966 bits per heavy atom. The first-order chi connectivity index (χ1) is 14.3. The summed E-state index contributed by atoms with van der Waals surface area (Å²) in [6.07, 6.45) is 8.68. The molecule has 2 heterocycles. The summed E-state index contributed by atoms with van der Waals surface area (Å²) in [6.45, 7) is 0. The number of pyridine rings is 2. The predicted molar refractivity (Wildman–Crippen MR) is 116 cm³/mol. The molecule has 4 aromatic rings. The zero-order valence-electron chi connectivity index (χ0n) is 15.6. The van der Waals surface area contributed by atoms with Crippen molar-refractivity contribution in [2.75, 3.05) is 0 Å². The minimum Gasteiger partial charge on any atom is -0.267 e. The Morgan fingerprint density at radius 3 is 2.62 bits per heavy atom. The Bertz CT molecular complexity index is 1190. The highest BCUT2D eigenvalue weighted by molar-refractivity contribution is 6.07. The summed E-state index contributed by atoms with van der Waals surface area (Å²) in [5.74, 6) is -0.293. The third-order valence-electron chi connectivity index (χ3n) is 4.33. The van der Waals surface area contributed by atoms with Gasteiger partial charge in [-0.05, 0) is 35.9 Å². The highest BCUT2D eigenvalue weighted by Crippen LogP contribution is 2.24. The van der Waals surface area contributed by atoms with Crippen LogP contribution in [0.3, 0.4) is 0 Å². The Labute approximate surface area is 168 Å². The van der Waals surface area contributed by atoms with Crippen LogP contribution in [0.4, 0.5) is 0 Å². The van der Waals surface area contributed by atoms with Gasteiger partial charge in [-0.1, -0.05) is 54.6 Å². The minimum absolute atomic E-state index is 0.293. The zero-order valence-corrected chi connectivity index (χ0v) is 15.6. The molecule has 0 spiro atoms. The lowest BCUT2D eigenvalue weighted by atomic mass is 10.0. The van der Waals surface area contributed by atoms with Gasteiger partial charge >= 0.3 is 0 Å². The van der Waals surface area contributed by atoms with Crippen LogP contribution in [-0.4, -0.2) is 22.1 Å². The standard InChI is InChI=1S/C24H18N4O/c29-24(28-26-15-6-10-18-8-2-1-3-9-18)21-16-23(19-11-7-14-25-17-19)27-22-13-5-4-12-20(21)22/h1-17H,(H,28,29)/b10-6+,26-15-. The summed E-state index contributed by atoms with van der Waals surface area (Å²) < 4.78 is 0. The monoisotopic (exact) mass is 378 g/mol. The Morgan fingerprint density at radius 2 is 1.79 bits per heavy atom. The Kier molecular flexibility index (Phi) is 5.48. The first-order valence-corrected chi connectivity index (χ1v) is 9.16. The molecule has 5 nitrogen and oxygen atoms in total. The number of allylic oxidation sites excluding steroid dienone is 1. The van der Waals surface area contributed by atoms with Gasteiger partial charge in [-0.15, -0.1) is 0 Å². The van der Waals surface area contributed by atoms with Crippen LogP contribution in [0.1, 0.15) is 15.9 Å². The molecule has 0 saturated carbocycles. The van der Waals surface area contributed by atoms with Crippen molar-refractivity contribution in [1.29, 1.82) is 0 Å². The van der Waals surface area contributed by atoms with Gasteiger partial charge in [0.1, 0.15) is 0 Å². The van der Waals surface area contributed by atoms with Crippen molar-refractivity contribution in [2.24, 2.45) is 5.10 Å². The molecule has 140 valence electrons. The van der Waals surface area contributed by atoms with E-state index in [-0.39, 0.29) is 5.91 Å². The Hall–Kier alpha value is -4.12. The molecule has 0 bridgehead atoms. The van der Waals surface area contributed by atoms with Crippen LogP contribution >= 0.6 is 0 Å². The van der Waals surface area contributed by atoms with E-state index in [1.54, 1.807) is 30.8 Å². The van der Waals surface area contributed by atoms with Crippen molar-refractivity contribution in [3.63, 3.8) is 0 Å². The number of nitrogens with one attached hydrogen (secondary N) is 1. The number of rotatable bonds is 5. The lowest BCUT2D eigenvalue weighted by molar-refractivity contribution is 0.0957. The largest absolute Gasteiger partial charge is 0.272 e. The molecule has 4 rings (SSSR count). The number of para-hydroxylation sites is 1. The van der Waals surface area contributed by atoms with Gasteiger partial charge in [0.05, 0.1) is 16.8 Å². The summed E-state index contributed by atoms with van der Waals surface area (Å²) in [4.78, 5) is 21.6. The van der Waals surface area contributed by atoms with Gasteiger partial charge in [0, 0.05) is 29.6 Å². The highest BCUT2D eigenvalue weighted by atomic mass is 16.2. The van der Waals surface area contributed by atoms with Gasteiger partial charge in [-0.25, -0.2) is 10.4 Å². The molecule has 2 aromatic heterocycles. The van der Waals surface area contributed by atoms with Crippen LogP contribution in [0, 0.1) is 0 Å². The smallest absolute Gasteiger partial charge is 0.267 e. The number of carbonyl (C=O) groups is 1. The van der Waals surface area contributed by atoms with Crippen molar-refractivity contribution in [1.82, 2.24) is 15.4 Å². The molecule has 2 aromatic carbocycles. The number of hydrogen-bond acceptors (Lipinski definition) is 4. The summed E-state index contributed by atoms with van der Waals surface area (Å²) in [5, 5.41) is 4.80. The van der Waals surface area contributed by atoms with Crippen LogP contribution in [0.2, 0.25) is 0 Å². The number of hydrogen-bond donors (Lipinski definition) is 1. The molecule has 5 heteroatoms. The van der Waals surface area contributed by atoms with E-state index in [0.29, 0.717) is 11.3 Å². The van der Waals surface area contributed by atoms with Gasteiger partial charge in [-0.3, -0.25) is 9.78 Å². The van der Waals surface area contributed by atoms with Crippen molar-refractivity contribution in [3.8, 4) is 11.3 Å². The van der Waals surface area contributed by atoms with E-state index >= 15 is 0 Å². The van der Waals surface area contributed by atoms with E-state index in [1.165, 1.54) is 0 Å².